The summed E-state index contributed by atoms with van der Waals surface area (Å²) in [7, 11) is 0. The van der Waals surface area contributed by atoms with Crippen LogP contribution >= 0.6 is 15.9 Å². The summed E-state index contributed by atoms with van der Waals surface area (Å²) in [6, 6.07) is 0. The predicted octanol–water partition coefficient (Wildman–Crippen LogP) is 3.70. The summed E-state index contributed by atoms with van der Waals surface area (Å²) in [5.41, 5.74) is 0. The van der Waals surface area contributed by atoms with Gasteiger partial charge in [0.25, 0.3) is 0 Å². The highest BCUT2D eigenvalue weighted by molar-refractivity contribution is 9.09. The van der Waals surface area contributed by atoms with Crippen molar-refractivity contribution < 1.29 is 5.11 Å². The van der Waals surface area contributed by atoms with E-state index in [-0.39, 0.29) is 5.01 Å². The van der Waals surface area contributed by atoms with Crippen molar-refractivity contribution in [1.82, 2.24) is 0 Å². The Labute approximate surface area is 84.7 Å². The van der Waals surface area contributed by atoms with Gasteiger partial charge in [-0.2, -0.15) is 0 Å². The molecular formula is C10H21BrO. The summed E-state index contributed by atoms with van der Waals surface area (Å²) < 4.78 is 0. The molecule has 0 radical (unpaired) electrons. The van der Waals surface area contributed by atoms with Crippen LogP contribution in [0.15, 0.2) is 0 Å². The van der Waals surface area contributed by atoms with Gasteiger partial charge >= 0.3 is 0 Å². The highest BCUT2D eigenvalue weighted by atomic mass is 79.9. The Morgan fingerprint density at radius 1 is 1.08 bits per heavy atom. The van der Waals surface area contributed by atoms with Crippen molar-refractivity contribution in [3.8, 4) is 0 Å². The van der Waals surface area contributed by atoms with Crippen LogP contribution in [0.1, 0.15) is 52.4 Å². The third-order valence-corrected chi connectivity index (χ3v) is 2.97. The van der Waals surface area contributed by atoms with E-state index in [0.29, 0.717) is 5.92 Å². The van der Waals surface area contributed by atoms with Crippen LogP contribution in [-0.2, 0) is 0 Å². The Morgan fingerprint density at radius 3 is 2.17 bits per heavy atom. The standard InChI is InChI=1S/C10H21BrO/c1-3-5-6-8-9(7-4-2)10(11)12/h9-10,12H,3-8H2,1-2H3. The van der Waals surface area contributed by atoms with Crippen LogP contribution in [0, 0.1) is 5.92 Å². The van der Waals surface area contributed by atoms with Gasteiger partial charge in [-0.05, 0) is 18.8 Å². The van der Waals surface area contributed by atoms with Crippen LogP contribution in [0.5, 0.6) is 0 Å². The molecule has 12 heavy (non-hydrogen) atoms. The molecule has 0 spiro atoms. The number of unbranched alkanes of at least 4 members (excludes halogenated alkanes) is 2. The van der Waals surface area contributed by atoms with Crippen LogP contribution in [-0.4, -0.2) is 10.1 Å². The molecular weight excluding hydrogens is 216 g/mol. The van der Waals surface area contributed by atoms with Gasteiger partial charge in [0.1, 0.15) is 5.01 Å². The van der Waals surface area contributed by atoms with Crippen molar-refractivity contribution in [2.24, 2.45) is 5.92 Å². The van der Waals surface area contributed by atoms with E-state index in [1.54, 1.807) is 0 Å². The maximum atomic E-state index is 9.36. The Kier molecular flexibility index (Phi) is 8.35. The first-order chi connectivity index (χ1) is 5.72. The molecule has 74 valence electrons. The van der Waals surface area contributed by atoms with Gasteiger partial charge in [-0.1, -0.05) is 55.5 Å². The Hall–Kier alpha value is 0.440. The average Bonchev–Trinajstić information content (AvgIpc) is 2.03. The molecule has 0 amide bonds. The molecule has 0 heterocycles. The Bertz CT molecular complexity index is 93.8. The number of hydrogen-bond acceptors (Lipinski definition) is 1. The molecule has 0 aliphatic heterocycles. The molecule has 2 atom stereocenters. The van der Waals surface area contributed by atoms with E-state index in [9.17, 15) is 5.11 Å². The van der Waals surface area contributed by atoms with Gasteiger partial charge in [-0.3, -0.25) is 0 Å². The van der Waals surface area contributed by atoms with Crippen LogP contribution in [0.25, 0.3) is 0 Å². The molecule has 0 bridgehead atoms. The van der Waals surface area contributed by atoms with E-state index in [4.69, 9.17) is 0 Å². The van der Waals surface area contributed by atoms with Gasteiger partial charge < -0.3 is 5.11 Å². The number of aliphatic hydroxyl groups is 1. The minimum absolute atomic E-state index is 0.297. The Morgan fingerprint density at radius 2 is 1.75 bits per heavy atom. The second-order valence-corrected chi connectivity index (χ2v) is 4.36. The topological polar surface area (TPSA) is 20.2 Å². The second-order valence-electron chi connectivity index (χ2n) is 3.42. The largest absolute Gasteiger partial charge is 0.382 e. The van der Waals surface area contributed by atoms with E-state index >= 15 is 0 Å². The maximum absolute atomic E-state index is 9.36. The monoisotopic (exact) mass is 236 g/mol. The van der Waals surface area contributed by atoms with Crippen LogP contribution in [0.2, 0.25) is 0 Å². The first kappa shape index (κ1) is 12.4. The molecule has 0 aromatic carbocycles. The van der Waals surface area contributed by atoms with E-state index < -0.39 is 0 Å². The van der Waals surface area contributed by atoms with Crippen molar-refractivity contribution in [3.05, 3.63) is 0 Å². The zero-order valence-corrected chi connectivity index (χ0v) is 9.81. The first-order valence-corrected chi connectivity index (χ1v) is 5.96. The summed E-state index contributed by atoms with van der Waals surface area (Å²) in [6.45, 7) is 4.38. The third-order valence-electron chi connectivity index (χ3n) is 2.23. The van der Waals surface area contributed by atoms with Crippen LogP contribution in [0.3, 0.4) is 0 Å². The van der Waals surface area contributed by atoms with Gasteiger partial charge in [0.2, 0.25) is 0 Å². The first-order valence-electron chi connectivity index (χ1n) is 5.04. The van der Waals surface area contributed by atoms with E-state index in [0.717, 1.165) is 12.8 Å². The van der Waals surface area contributed by atoms with Crippen molar-refractivity contribution >= 4 is 15.9 Å². The maximum Gasteiger partial charge on any atom is 0.111 e. The summed E-state index contributed by atoms with van der Waals surface area (Å²) in [6.07, 6.45) is 7.27. The molecule has 2 heteroatoms. The molecule has 0 fully saturated rings. The van der Waals surface area contributed by atoms with Crippen molar-refractivity contribution in [3.63, 3.8) is 0 Å². The number of rotatable bonds is 7. The minimum Gasteiger partial charge on any atom is -0.382 e. The molecule has 2 unspecified atom stereocenters. The molecule has 1 N–H and O–H groups in total. The van der Waals surface area contributed by atoms with Crippen molar-refractivity contribution in [1.29, 1.82) is 0 Å². The van der Waals surface area contributed by atoms with E-state index in [2.05, 4.69) is 29.8 Å². The lowest BCUT2D eigenvalue weighted by Crippen LogP contribution is -2.13. The summed E-state index contributed by atoms with van der Waals surface area (Å²) >= 11 is 3.25. The number of aliphatic hydroxyl groups excluding tert-OH is 1. The average molecular weight is 237 g/mol. The van der Waals surface area contributed by atoms with Gasteiger partial charge in [-0.15, -0.1) is 0 Å². The van der Waals surface area contributed by atoms with E-state index in [1.165, 1.54) is 25.7 Å². The lowest BCUT2D eigenvalue weighted by molar-refractivity contribution is 0.180. The lowest BCUT2D eigenvalue weighted by Gasteiger charge is -2.17. The normalized spacial score (nSPS) is 16.0. The fourth-order valence-corrected chi connectivity index (χ4v) is 1.98. The van der Waals surface area contributed by atoms with Gasteiger partial charge in [0.05, 0.1) is 0 Å². The zero-order chi connectivity index (χ0) is 9.40. The fraction of sp³-hybridized carbons (Fsp3) is 1.00. The lowest BCUT2D eigenvalue weighted by atomic mass is 9.97. The highest BCUT2D eigenvalue weighted by Crippen LogP contribution is 2.22. The van der Waals surface area contributed by atoms with Crippen molar-refractivity contribution in [2.75, 3.05) is 0 Å². The zero-order valence-electron chi connectivity index (χ0n) is 8.22. The smallest absolute Gasteiger partial charge is 0.111 e. The molecule has 1 nitrogen and oxygen atoms in total. The summed E-state index contributed by atoms with van der Waals surface area (Å²) in [4.78, 5) is 0. The van der Waals surface area contributed by atoms with Gasteiger partial charge in [0.15, 0.2) is 0 Å². The molecule has 0 aromatic rings. The summed E-state index contributed by atoms with van der Waals surface area (Å²) in [5.74, 6) is 0.460. The van der Waals surface area contributed by atoms with Gasteiger partial charge in [0, 0.05) is 0 Å². The second kappa shape index (κ2) is 8.06. The van der Waals surface area contributed by atoms with Crippen LogP contribution in [0.4, 0.5) is 0 Å². The number of hydrogen-bond donors (Lipinski definition) is 1. The Balaban J connectivity index is 3.49. The number of alkyl halides is 1. The predicted molar refractivity (Wildman–Crippen MR) is 57.5 cm³/mol. The van der Waals surface area contributed by atoms with Gasteiger partial charge in [-0.25, -0.2) is 0 Å². The molecule has 0 saturated heterocycles. The molecule has 0 rings (SSSR count). The van der Waals surface area contributed by atoms with Crippen molar-refractivity contribution in [2.45, 2.75) is 57.4 Å². The fourth-order valence-electron chi connectivity index (χ4n) is 1.45. The molecule has 0 aliphatic carbocycles. The molecule has 0 aliphatic rings. The van der Waals surface area contributed by atoms with E-state index in [1.807, 2.05) is 0 Å². The summed E-state index contributed by atoms with van der Waals surface area (Å²) in [5, 5.41) is 9.06. The highest BCUT2D eigenvalue weighted by Gasteiger charge is 2.14. The van der Waals surface area contributed by atoms with Crippen LogP contribution < -0.4 is 0 Å². The third kappa shape index (κ3) is 6.01. The molecule has 0 saturated carbocycles. The molecule has 0 aromatic heterocycles. The minimum atomic E-state index is -0.297. The number of halogens is 1. The quantitative estimate of drug-likeness (QED) is 0.528. The SMILES string of the molecule is CCCCCC(CCC)C(O)Br.